The molecule has 0 unspecified atom stereocenters. The average Bonchev–Trinajstić information content (AvgIpc) is 2.29. The van der Waals surface area contributed by atoms with Crippen LogP contribution in [0.25, 0.3) is 10.9 Å². The van der Waals surface area contributed by atoms with Crippen molar-refractivity contribution < 1.29 is 0 Å². The van der Waals surface area contributed by atoms with Crippen molar-refractivity contribution in [2.24, 2.45) is 5.73 Å². The van der Waals surface area contributed by atoms with Gasteiger partial charge in [-0.3, -0.25) is 0 Å². The molecule has 3 N–H and O–H groups in total. The Kier molecular flexibility index (Phi) is 2.75. The zero-order valence-corrected chi connectivity index (χ0v) is 9.57. The molecule has 4 nitrogen and oxygen atoms in total. The molecule has 1 heterocycles. The summed E-state index contributed by atoms with van der Waals surface area (Å²) >= 11 is 0. The quantitative estimate of drug-likeness (QED) is 0.821. The largest absolute Gasteiger partial charge is 0.363 e. The first kappa shape index (κ1) is 10.8. The molecule has 0 bridgehead atoms. The minimum atomic E-state index is -0.170. The van der Waals surface area contributed by atoms with E-state index in [1.807, 2.05) is 38.1 Å². The van der Waals surface area contributed by atoms with Gasteiger partial charge >= 0.3 is 0 Å². The summed E-state index contributed by atoms with van der Waals surface area (Å²) in [5, 5.41) is 4.35. The molecule has 0 aliphatic carbocycles. The molecule has 4 heteroatoms. The highest BCUT2D eigenvalue weighted by Crippen LogP contribution is 2.21. The Hall–Kier alpha value is -1.68. The molecule has 0 radical (unpaired) electrons. The third kappa shape index (κ3) is 2.12. The van der Waals surface area contributed by atoms with Crippen LogP contribution >= 0.6 is 0 Å². The lowest BCUT2D eigenvalue weighted by atomic mass is 10.1. The smallest absolute Gasteiger partial charge is 0.137 e. The van der Waals surface area contributed by atoms with E-state index >= 15 is 0 Å². The molecule has 1 aromatic carbocycles. The third-order valence-electron chi connectivity index (χ3n) is 2.51. The molecule has 0 amide bonds. The third-order valence-corrected chi connectivity index (χ3v) is 2.51. The number of nitrogens with one attached hydrogen (secondary N) is 1. The minimum Gasteiger partial charge on any atom is -0.363 e. The van der Waals surface area contributed by atoms with Gasteiger partial charge in [-0.05, 0) is 26.0 Å². The lowest BCUT2D eigenvalue weighted by molar-refractivity contribution is 0.578. The second-order valence-corrected chi connectivity index (χ2v) is 4.45. The molecule has 0 atom stereocenters. The molecule has 0 aliphatic heterocycles. The number of fused-ring (bicyclic) bond motifs is 1. The molecule has 0 saturated carbocycles. The van der Waals surface area contributed by atoms with Crippen molar-refractivity contribution in [1.82, 2.24) is 9.97 Å². The van der Waals surface area contributed by atoms with Crippen LogP contribution in [0.15, 0.2) is 30.6 Å². The highest BCUT2D eigenvalue weighted by Gasteiger charge is 2.16. The first-order valence-corrected chi connectivity index (χ1v) is 5.30. The van der Waals surface area contributed by atoms with Crippen molar-refractivity contribution in [1.29, 1.82) is 0 Å². The van der Waals surface area contributed by atoms with Gasteiger partial charge in [-0.15, -0.1) is 0 Å². The topological polar surface area (TPSA) is 63.8 Å². The average molecular weight is 216 g/mol. The molecule has 2 rings (SSSR count). The van der Waals surface area contributed by atoms with Gasteiger partial charge in [-0.1, -0.05) is 12.1 Å². The van der Waals surface area contributed by atoms with Crippen molar-refractivity contribution >= 4 is 16.7 Å². The van der Waals surface area contributed by atoms with Crippen LogP contribution in [0.1, 0.15) is 13.8 Å². The molecule has 0 spiro atoms. The number of nitrogens with two attached hydrogens (primary N) is 1. The van der Waals surface area contributed by atoms with E-state index in [2.05, 4.69) is 15.3 Å². The van der Waals surface area contributed by atoms with E-state index < -0.39 is 0 Å². The zero-order chi connectivity index (χ0) is 11.6. The standard InChI is InChI=1S/C12H16N4/c1-12(2,7-13)16-11-9-5-3-4-6-10(9)14-8-15-11/h3-6,8H,7,13H2,1-2H3,(H,14,15,16). The fourth-order valence-electron chi connectivity index (χ4n) is 1.48. The van der Waals surface area contributed by atoms with E-state index in [4.69, 9.17) is 5.73 Å². The Labute approximate surface area is 94.9 Å². The van der Waals surface area contributed by atoms with E-state index in [0.717, 1.165) is 16.7 Å². The van der Waals surface area contributed by atoms with Crippen molar-refractivity contribution in [3.63, 3.8) is 0 Å². The predicted molar refractivity (Wildman–Crippen MR) is 66.3 cm³/mol. The minimum absolute atomic E-state index is 0.170. The van der Waals surface area contributed by atoms with Crippen LogP contribution in [-0.2, 0) is 0 Å². The van der Waals surface area contributed by atoms with E-state index in [1.165, 1.54) is 0 Å². The summed E-state index contributed by atoms with van der Waals surface area (Å²) in [6.07, 6.45) is 1.57. The number of hydrogen-bond donors (Lipinski definition) is 2. The van der Waals surface area contributed by atoms with E-state index in [1.54, 1.807) is 6.33 Å². The molecule has 84 valence electrons. The number of rotatable bonds is 3. The number of anilines is 1. The first-order chi connectivity index (χ1) is 7.62. The molecule has 0 aliphatic rings. The Morgan fingerprint density at radius 3 is 2.75 bits per heavy atom. The summed E-state index contributed by atoms with van der Waals surface area (Å²) < 4.78 is 0. The summed E-state index contributed by atoms with van der Waals surface area (Å²) in [5.41, 5.74) is 6.46. The van der Waals surface area contributed by atoms with E-state index in [-0.39, 0.29) is 5.54 Å². The number of benzene rings is 1. The predicted octanol–water partition coefficient (Wildman–Crippen LogP) is 1.78. The number of hydrogen-bond acceptors (Lipinski definition) is 4. The number of nitrogens with zero attached hydrogens (tertiary/aromatic N) is 2. The van der Waals surface area contributed by atoms with Crippen LogP contribution in [0.3, 0.4) is 0 Å². The molecule has 1 aromatic heterocycles. The van der Waals surface area contributed by atoms with Crippen LogP contribution in [0, 0.1) is 0 Å². The van der Waals surface area contributed by atoms with Gasteiger partial charge in [0.1, 0.15) is 12.1 Å². The van der Waals surface area contributed by atoms with Gasteiger partial charge in [-0.2, -0.15) is 0 Å². The second kappa shape index (κ2) is 4.06. The maximum Gasteiger partial charge on any atom is 0.137 e. The molecule has 2 aromatic rings. The Balaban J connectivity index is 2.45. The van der Waals surface area contributed by atoms with Crippen molar-refractivity contribution in [2.45, 2.75) is 19.4 Å². The molecule has 0 saturated heterocycles. The monoisotopic (exact) mass is 216 g/mol. The lowest BCUT2D eigenvalue weighted by Gasteiger charge is -2.25. The van der Waals surface area contributed by atoms with E-state index in [0.29, 0.717) is 6.54 Å². The van der Waals surface area contributed by atoms with Gasteiger partial charge in [0.15, 0.2) is 0 Å². The van der Waals surface area contributed by atoms with Crippen LogP contribution in [0.4, 0.5) is 5.82 Å². The van der Waals surface area contributed by atoms with Gasteiger partial charge in [0.25, 0.3) is 0 Å². The van der Waals surface area contributed by atoms with Crippen LogP contribution in [0.5, 0.6) is 0 Å². The van der Waals surface area contributed by atoms with Crippen molar-refractivity contribution in [2.75, 3.05) is 11.9 Å². The normalized spacial score (nSPS) is 11.7. The van der Waals surface area contributed by atoms with Gasteiger partial charge < -0.3 is 11.1 Å². The highest BCUT2D eigenvalue weighted by atomic mass is 15.1. The van der Waals surface area contributed by atoms with Crippen molar-refractivity contribution in [3.8, 4) is 0 Å². The molecular weight excluding hydrogens is 200 g/mol. The lowest BCUT2D eigenvalue weighted by Crippen LogP contribution is -2.39. The first-order valence-electron chi connectivity index (χ1n) is 5.30. The summed E-state index contributed by atoms with van der Waals surface area (Å²) in [7, 11) is 0. The van der Waals surface area contributed by atoms with Gasteiger partial charge in [0, 0.05) is 17.5 Å². The highest BCUT2D eigenvalue weighted by molar-refractivity contribution is 5.88. The Bertz CT molecular complexity index is 488. The Morgan fingerprint density at radius 2 is 2.00 bits per heavy atom. The fraction of sp³-hybridized carbons (Fsp3) is 0.333. The summed E-state index contributed by atoms with van der Waals surface area (Å²) in [6, 6.07) is 7.92. The van der Waals surface area contributed by atoms with Crippen molar-refractivity contribution in [3.05, 3.63) is 30.6 Å². The summed E-state index contributed by atoms with van der Waals surface area (Å²) in [6.45, 7) is 4.64. The molecule has 16 heavy (non-hydrogen) atoms. The van der Waals surface area contributed by atoms with Crippen LogP contribution in [-0.4, -0.2) is 22.1 Å². The van der Waals surface area contributed by atoms with Gasteiger partial charge in [0.2, 0.25) is 0 Å². The molecule has 0 fully saturated rings. The summed E-state index contributed by atoms with van der Waals surface area (Å²) in [5.74, 6) is 0.834. The fourth-order valence-corrected chi connectivity index (χ4v) is 1.48. The SMILES string of the molecule is CC(C)(CN)Nc1ncnc2ccccc12. The van der Waals surface area contributed by atoms with E-state index in [9.17, 15) is 0 Å². The second-order valence-electron chi connectivity index (χ2n) is 4.45. The van der Waals surface area contributed by atoms with Crippen LogP contribution in [0.2, 0.25) is 0 Å². The number of para-hydroxylation sites is 1. The van der Waals surface area contributed by atoms with Gasteiger partial charge in [0.05, 0.1) is 5.52 Å². The summed E-state index contributed by atoms with van der Waals surface area (Å²) in [4.78, 5) is 8.48. The maximum absolute atomic E-state index is 5.69. The number of aromatic nitrogens is 2. The van der Waals surface area contributed by atoms with Crippen LogP contribution < -0.4 is 11.1 Å². The zero-order valence-electron chi connectivity index (χ0n) is 9.57. The van der Waals surface area contributed by atoms with Gasteiger partial charge in [-0.25, -0.2) is 9.97 Å². The molecular formula is C12H16N4. The maximum atomic E-state index is 5.69. The Morgan fingerprint density at radius 1 is 1.25 bits per heavy atom.